The average molecular weight is 228 g/mol. The summed E-state index contributed by atoms with van der Waals surface area (Å²) in [6.07, 6.45) is 2.19. The van der Waals surface area contributed by atoms with Crippen molar-refractivity contribution in [1.82, 2.24) is 0 Å². The molecule has 92 valence electrons. The van der Waals surface area contributed by atoms with E-state index in [1.54, 1.807) is 13.8 Å². The Balaban J connectivity index is 2.26. The maximum absolute atomic E-state index is 9.60. The van der Waals surface area contributed by atoms with E-state index >= 15 is 0 Å². The maximum atomic E-state index is 9.60. The first-order valence-electron chi connectivity index (χ1n) is 5.66. The first kappa shape index (κ1) is 12.9. The summed E-state index contributed by atoms with van der Waals surface area (Å²) in [5, 5.41) is 9.60. The third-order valence-corrected chi connectivity index (χ3v) is 2.29. The molecule has 1 aromatic rings. The fourth-order valence-corrected chi connectivity index (χ4v) is 1.37. The summed E-state index contributed by atoms with van der Waals surface area (Å²) in [7, 11) is 0. The topological polar surface area (TPSA) is 51.8 Å². The Hall–Kier alpha value is -1.16. The molecule has 0 bridgehead atoms. The molecule has 0 amide bonds. The number of ether oxygens (including phenoxy) is 2. The van der Waals surface area contributed by atoms with Crippen LogP contribution < -0.4 is 4.74 Å². The molecule has 1 rings (SSSR count). The predicted octanol–water partition coefficient (Wildman–Crippen LogP) is 2.80. The van der Waals surface area contributed by atoms with Crippen LogP contribution in [-0.2, 0) is 4.74 Å². The average Bonchev–Trinajstić information content (AvgIpc) is 2.49. The van der Waals surface area contributed by atoms with Crippen LogP contribution in [0.4, 0.5) is 0 Å². The highest BCUT2D eigenvalue weighted by molar-refractivity contribution is 5.43. The number of furan rings is 1. The third-order valence-electron chi connectivity index (χ3n) is 2.29. The molecule has 0 fully saturated rings. The van der Waals surface area contributed by atoms with Gasteiger partial charge in [0.25, 0.3) is 0 Å². The van der Waals surface area contributed by atoms with Gasteiger partial charge in [0.15, 0.2) is 5.75 Å². The molecule has 16 heavy (non-hydrogen) atoms. The summed E-state index contributed by atoms with van der Waals surface area (Å²) in [4.78, 5) is 0. The van der Waals surface area contributed by atoms with E-state index in [1.807, 2.05) is 0 Å². The molecular weight excluding hydrogens is 208 g/mol. The van der Waals surface area contributed by atoms with Crippen LogP contribution in [-0.4, -0.2) is 24.9 Å². The van der Waals surface area contributed by atoms with Crippen LogP contribution >= 0.6 is 0 Å². The van der Waals surface area contributed by atoms with Gasteiger partial charge in [-0.25, -0.2) is 0 Å². The van der Waals surface area contributed by atoms with E-state index in [-0.39, 0.29) is 5.75 Å². The summed E-state index contributed by atoms with van der Waals surface area (Å²) in [5.74, 6) is 1.60. The van der Waals surface area contributed by atoms with Gasteiger partial charge in [0.2, 0.25) is 5.75 Å². The van der Waals surface area contributed by atoms with Crippen molar-refractivity contribution in [3.63, 3.8) is 0 Å². The SMILES string of the molecule is CCCCOCCOc1c(C)oc(C)c1O. The molecule has 1 aromatic heterocycles. The van der Waals surface area contributed by atoms with Crippen molar-refractivity contribution in [3.05, 3.63) is 11.5 Å². The highest BCUT2D eigenvalue weighted by atomic mass is 16.5. The van der Waals surface area contributed by atoms with Gasteiger partial charge in [-0.1, -0.05) is 13.3 Å². The van der Waals surface area contributed by atoms with E-state index < -0.39 is 0 Å². The number of aryl methyl sites for hydroxylation is 2. The lowest BCUT2D eigenvalue weighted by atomic mass is 10.4. The zero-order valence-corrected chi connectivity index (χ0v) is 10.2. The molecule has 1 N–H and O–H groups in total. The highest BCUT2D eigenvalue weighted by Crippen LogP contribution is 2.35. The molecule has 0 aliphatic rings. The minimum Gasteiger partial charge on any atom is -0.502 e. The van der Waals surface area contributed by atoms with Crippen LogP contribution in [0.3, 0.4) is 0 Å². The molecule has 0 aliphatic heterocycles. The molecule has 0 atom stereocenters. The van der Waals surface area contributed by atoms with E-state index in [1.165, 1.54) is 0 Å². The number of rotatable bonds is 7. The smallest absolute Gasteiger partial charge is 0.202 e. The second-order valence-corrected chi connectivity index (χ2v) is 3.71. The third kappa shape index (κ3) is 3.45. The van der Waals surface area contributed by atoms with E-state index in [4.69, 9.17) is 13.9 Å². The molecule has 0 unspecified atom stereocenters. The molecule has 0 aromatic carbocycles. The first-order chi connectivity index (χ1) is 7.66. The van der Waals surface area contributed by atoms with Gasteiger partial charge in [-0.2, -0.15) is 0 Å². The van der Waals surface area contributed by atoms with Crippen molar-refractivity contribution in [1.29, 1.82) is 0 Å². The lowest BCUT2D eigenvalue weighted by Gasteiger charge is -2.06. The number of unbranched alkanes of at least 4 members (excludes halogenated alkanes) is 1. The van der Waals surface area contributed by atoms with Crippen molar-refractivity contribution in [2.24, 2.45) is 0 Å². The van der Waals surface area contributed by atoms with Crippen LogP contribution in [0.5, 0.6) is 11.5 Å². The number of hydrogen-bond donors (Lipinski definition) is 1. The number of hydrogen-bond acceptors (Lipinski definition) is 4. The molecule has 4 heteroatoms. The fraction of sp³-hybridized carbons (Fsp3) is 0.667. The Morgan fingerprint density at radius 2 is 1.88 bits per heavy atom. The van der Waals surface area contributed by atoms with Gasteiger partial charge >= 0.3 is 0 Å². The Morgan fingerprint density at radius 1 is 1.12 bits per heavy atom. The molecule has 0 saturated heterocycles. The molecule has 0 radical (unpaired) electrons. The second-order valence-electron chi connectivity index (χ2n) is 3.71. The molecule has 0 aliphatic carbocycles. The Labute approximate surface area is 96.2 Å². The van der Waals surface area contributed by atoms with Gasteiger partial charge in [-0.05, 0) is 20.3 Å². The quantitative estimate of drug-likeness (QED) is 0.729. The lowest BCUT2D eigenvalue weighted by Crippen LogP contribution is -2.07. The van der Waals surface area contributed by atoms with Crippen molar-refractivity contribution in [3.8, 4) is 11.5 Å². The maximum Gasteiger partial charge on any atom is 0.202 e. The van der Waals surface area contributed by atoms with Crippen molar-refractivity contribution in [2.75, 3.05) is 19.8 Å². The minimum atomic E-state index is 0.0889. The Morgan fingerprint density at radius 3 is 2.44 bits per heavy atom. The largest absolute Gasteiger partial charge is 0.502 e. The van der Waals surface area contributed by atoms with Gasteiger partial charge in [0, 0.05) is 6.61 Å². The van der Waals surface area contributed by atoms with E-state index in [0.29, 0.717) is 30.5 Å². The van der Waals surface area contributed by atoms with Crippen molar-refractivity contribution in [2.45, 2.75) is 33.6 Å². The van der Waals surface area contributed by atoms with Crippen LogP contribution in [0.15, 0.2) is 4.42 Å². The van der Waals surface area contributed by atoms with Crippen LogP contribution in [0.25, 0.3) is 0 Å². The molecule has 0 saturated carbocycles. The van der Waals surface area contributed by atoms with Crippen molar-refractivity contribution < 1.29 is 19.0 Å². The number of aromatic hydroxyl groups is 1. The van der Waals surface area contributed by atoms with Gasteiger partial charge < -0.3 is 19.0 Å². The molecule has 0 spiro atoms. The van der Waals surface area contributed by atoms with Gasteiger partial charge in [0.05, 0.1) is 6.61 Å². The highest BCUT2D eigenvalue weighted by Gasteiger charge is 2.14. The van der Waals surface area contributed by atoms with Crippen LogP contribution in [0.1, 0.15) is 31.3 Å². The van der Waals surface area contributed by atoms with E-state index in [0.717, 1.165) is 19.4 Å². The van der Waals surface area contributed by atoms with Crippen LogP contribution in [0.2, 0.25) is 0 Å². The summed E-state index contributed by atoms with van der Waals surface area (Å²) < 4.78 is 16.0. The Bertz CT molecular complexity index is 317. The molecule has 1 heterocycles. The van der Waals surface area contributed by atoms with E-state index in [2.05, 4.69) is 6.92 Å². The summed E-state index contributed by atoms with van der Waals surface area (Å²) in [6.45, 7) is 7.30. The standard InChI is InChI=1S/C12H20O4/c1-4-5-6-14-7-8-15-12-10(3)16-9(2)11(12)13/h13H,4-8H2,1-3H3. The summed E-state index contributed by atoms with van der Waals surface area (Å²) in [5.41, 5.74) is 0. The van der Waals surface area contributed by atoms with E-state index in [9.17, 15) is 5.11 Å². The predicted molar refractivity (Wildman–Crippen MR) is 61.1 cm³/mol. The lowest BCUT2D eigenvalue weighted by molar-refractivity contribution is 0.0966. The monoisotopic (exact) mass is 228 g/mol. The zero-order valence-electron chi connectivity index (χ0n) is 10.2. The van der Waals surface area contributed by atoms with Gasteiger partial charge in [-0.15, -0.1) is 0 Å². The zero-order chi connectivity index (χ0) is 12.0. The van der Waals surface area contributed by atoms with Crippen LogP contribution in [0, 0.1) is 13.8 Å². The summed E-state index contributed by atoms with van der Waals surface area (Å²) >= 11 is 0. The Kier molecular flexibility index (Phi) is 5.19. The normalized spacial score (nSPS) is 10.7. The van der Waals surface area contributed by atoms with Gasteiger partial charge in [-0.3, -0.25) is 0 Å². The molecular formula is C12H20O4. The fourth-order valence-electron chi connectivity index (χ4n) is 1.37. The second kappa shape index (κ2) is 6.43. The first-order valence-corrected chi connectivity index (χ1v) is 5.66. The van der Waals surface area contributed by atoms with Crippen molar-refractivity contribution >= 4 is 0 Å². The van der Waals surface area contributed by atoms with Gasteiger partial charge in [0.1, 0.15) is 18.1 Å². The molecule has 4 nitrogen and oxygen atoms in total. The summed E-state index contributed by atoms with van der Waals surface area (Å²) in [6, 6.07) is 0. The minimum absolute atomic E-state index is 0.0889.